The second-order valence-electron chi connectivity index (χ2n) is 9.06. The van der Waals surface area contributed by atoms with Crippen LogP contribution in [0.3, 0.4) is 0 Å². The summed E-state index contributed by atoms with van der Waals surface area (Å²) in [5.74, 6) is 1.10. The maximum absolute atomic E-state index is 6.21. The van der Waals surface area contributed by atoms with E-state index in [1.165, 1.54) is 5.56 Å². The van der Waals surface area contributed by atoms with Gasteiger partial charge < -0.3 is 16.8 Å². The lowest BCUT2D eigenvalue weighted by Gasteiger charge is -2.11. The van der Waals surface area contributed by atoms with Crippen LogP contribution >= 0.6 is 50.7 Å². The first-order valence-corrected chi connectivity index (χ1v) is 14.5. The Morgan fingerprint density at radius 3 is 1.80 bits per heavy atom. The van der Waals surface area contributed by atoms with E-state index in [2.05, 4.69) is 53.3 Å². The van der Waals surface area contributed by atoms with Gasteiger partial charge in [-0.25, -0.2) is 15.0 Å². The molecule has 0 spiro atoms. The molecule has 210 valence electrons. The average molecular weight is 672 g/mol. The van der Waals surface area contributed by atoms with Gasteiger partial charge in [0, 0.05) is 44.3 Å². The quantitative estimate of drug-likeness (QED) is 0.155. The number of anilines is 3. The van der Waals surface area contributed by atoms with Crippen LogP contribution in [0.1, 0.15) is 16.7 Å². The zero-order valence-electron chi connectivity index (χ0n) is 22.3. The lowest BCUT2D eigenvalue weighted by Crippen LogP contribution is -2.08. The highest BCUT2D eigenvalue weighted by molar-refractivity contribution is 9.10. The molecule has 0 saturated heterocycles. The molecule has 7 nitrogen and oxygen atoms in total. The number of hydrogen-bond donors (Lipinski definition) is 3. The Morgan fingerprint density at radius 1 is 0.707 bits per heavy atom. The third-order valence-electron chi connectivity index (χ3n) is 6.18. The second kappa shape index (κ2) is 14.0. The second-order valence-corrected chi connectivity index (χ2v) is 11.2. The first-order valence-electron chi connectivity index (χ1n) is 12.5. The number of nitrogen functional groups attached to an aromatic ring is 2. The summed E-state index contributed by atoms with van der Waals surface area (Å²) in [5, 5.41) is 5.03. The van der Waals surface area contributed by atoms with Crippen molar-refractivity contribution in [3.05, 3.63) is 109 Å². The van der Waals surface area contributed by atoms with Crippen LogP contribution in [0.25, 0.3) is 22.5 Å². The standard InChI is InChI=1S/C19H18BrClN4.C11H9Cl2N3/c1-12-15(3-2-4-16(12)21)17-11-18(25-19(22)24-17)23-10-9-13-5-7-14(20)8-6-13;1-6-7(3-2-4-8(6)12)9-5-10(13)16-11(14)15-9/h2-8,11H,9-10H2,1H3,(H3,22,23,24,25);2-5H,1H3,(H2,14,15,16). The Morgan fingerprint density at radius 2 is 1.24 bits per heavy atom. The van der Waals surface area contributed by atoms with Crippen LogP contribution in [0.15, 0.2) is 77.3 Å². The molecule has 0 radical (unpaired) electrons. The number of rotatable bonds is 6. The summed E-state index contributed by atoms with van der Waals surface area (Å²) in [6.07, 6.45) is 0.892. The van der Waals surface area contributed by atoms with Gasteiger partial charge in [0.2, 0.25) is 11.9 Å². The molecule has 0 aliphatic heterocycles. The first-order chi connectivity index (χ1) is 19.6. The van der Waals surface area contributed by atoms with Gasteiger partial charge in [-0.15, -0.1) is 0 Å². The number of benzene rings is 3. The third kappa shape index (κ3) is 8.30. The number of hydrogen-bond acceptors (Lipinski definition) is 7. The third-order valence-corrected chi connectivity index (χ3v) is 7.72. The monoisotopic (exact) mass is 669 g/mol. The average Bonchev–Trinajstić information content (AvgIpc) is 2.92. The van der Waals surface area contributed by atoms with E-state index in [1.807, 2.05) is 68.4 Å². The Bertz CT molecular complexity index is 1640. The molecule has 5 rings (SSSR count). The summed E-state index contributed by atoms with van der Waals surface area (Å²) < 4.78 is 1.08. The van der Waals surface area contributed by atoms with E-state index in [4.69, 9.17) is 46.3 Å². The van der Waals surface area contributed by atoms with E-state index in [-0.39, 0.29) is 11.9 Å². The predicted octanol–water partition coefficient (Wildman–Crippen LogP) is 8.45. The lowest BCUT2D eigenvalue weighted by molar-refractivity contribution is 1.00. The molecule has 3 aromatic carbocycles. The van der Waals surface area contributed by atoms with Gasteiger partial charge in [0.05, 0.1) is 11.4 Å². The maximum atomic E-state index is 6.21. The zero-order valence-corrected chi connectivity index (χ0v) is 26.2. The van der Waals surface area contributed by atoms with E-state index < -0.39 is 0 Å². The van der Waals surface area contributed by atoms with Crippen LogP contribution in [0, 0.1) is 13.8 Å². The van der Waals surface area contributed by atoms with Crippen molar-refractivity contribution >= 4 is 68.4 Å². The van der Waals surface area contributed by atoms with Crippen LogP contribution in [0.5, 0.6) is 0 Å². The fourth-order valence-corrected chi connectivity index (χ4v) is 4.83. The summed E-state index contributed by atoms with van der Waals surface area (Å²) in [6.45, 7) is 4.65. The minimum atomic E-state index is 0.155. The molecule has 41 heavy (non-hydrogen) atoms. The molecule has 0 atom stereocenters. The normalized spacial score (nSPS) is 10.6. The minimum Gasteiger partial charge on any atom is -0.370 e. The molecule has 2 aromatic heterocycles. The van der Waals surface area contributed by atoms with Crippen molar-refractivity contribution in [3.8, 4) is 22.5 Å². The number of aromatic nitrogens is 4. The molecule has 0 aliphatic carbocycles. The fraction of sp³-hybridized carbons (Fsp3) is 0.133. The number of halogens is 4. The van der Waals surface area contributed by atoms with E-state index in [0.717, 1.165) is 45.4 Å². The van der Waals surface area contributed by atoms with Crippen LogP contribution in [0.2, 0.25) is 15.2 Å². The molecule has 5 aromatic rings. The van der Waals surface area contributed by atoms with Gasteiger partial charge in [0.15, 0.2) is 0 Å². The van der Waals surface area contributed by atoms with Gasteiger partial charge in [-0.1, -0.05) is 87.1 Å². The lowest BCUT2D eigenvalue weighted by atomic mass is 10.1. The highest BCUT2D eigenvalue weighted by atomic mass is 79.9. The van der Waals surface area contributed by atoms with Crippen molar-refractivity contribution in [2.24, 2.45) is 0 Å². The van der Waals surface area contributed by atoms with Gasteiger partial charge in [-0.2, -0.15) is 4.98 Å². The molecule has 0 saturated carbocycles. The highest BCUT2D eigenvalue weighted by Gasteiger charge is 2.10. The van der Waals surface area contributed by atoms with Crippen LogP contribution in [-0.4, -0.2) is 26.5 Å². The topological polar surface area (TPSA) is 116 Å². The maximum Gasteiger partial charge on any atom is 0.222 e. The minimum absolute atomic E-state index is 0.155. The molecule has 5 N–H and O–H groups in total. The summed E-state index contributed by atoms with van der Waals surface area (Å²) in [6, 6.07) is 23.2. The van der Waals surface area contributed by atoms with E-state index in [1.54, 1.807) is 6.07 Å². The number of nitrogens with zero attached hydrogens (tertiary/aromatic N) is 4. The van der Waals surface area contributed by atoms with Crippen molar-refractivity contribution in [1.82, 2.24) is 19.9 Å². The van der Waals surface area contributed by atoms with Gasteiger partial charge >= 0.3 is 0 Å². The summed E-state index contributed by atoms with van der Waals surface area (Å²) in [7, 11) is 0. The van der Waals surface area contributed by atoms with Crippen molar-refractivity contribution in [2.45, 2.75) is 20.3 Å². The predicted molar refractivity (Wildman–Crippen MR) is 175 cm³/mol. The van der Waals surface area contributed by atoms with Crippen LogP contribution in [-0.2, 0) is 6.42 Å². The molecule has 2 heterocycles. The highest BCUT2D eigenvalue weighted by Crippen LogP contribution is 2.29. The Balaban J connectivity index is 0.000000208. The van der Waals surface area contributed by atoms with Gasteiger partial charge in [0.25, 0.3) is 0 Å². The van der Waals surface area contributed by atoms with Crippen LogP contribution < -0.4 is 16.8 Å². The van der Waals surface area contributed by atoms with E-state index in [9.17, 15) is 0 Å². The Labute approximate surface area is 262 Å². The zero-order chi connectivity index (χ0) is 29.5. The Kier molecular flexibility index (Phi) is 10.4. The van der Waals surface area contributed by atoms with Gasteiger partial charge in [-0.05, 0) is 61.2 Å². The largest absolute Gasteiger partial charge is 0.370 e. The van der Waals surface area contributed by atoms with Crippen molar-refractivity contribution in [2.75, 3.05) is 23.3 Å². The molecule has 0 fully saturated rings. The van der Waals surface area contributed by atoms with Crippen molar-refractivity contribution in [1.29, 1.82) is 0 Å². The number of nitrogens with two attached hydrogens (primary N) is 2. The number of nitrogens with one attached hydrogen (secondary N) is 1. The van der Waals surface area contributed by atoms with Gasteiger partial charge in [-0.3, -0.25) is 0 Å². The smallest absolute Gasteiger partial charge is 0.222 e. The molecule has 0 aliphatic rings. The van der Waals surface area contributed by atoms with E-state index >= 15 is 0 Å². The molecule has 0 bridgehead atoms. The summed E-state index contributed by atoms with van der Waals surface area (Å²) in [4.78, 5) is 16.6. The molecule has 11 heteroatoms. The van der Waals surface area contributed by atoms with Gasteiger partial charge in [0.1, 0.15) is 11.0 Å². The molecular weight excluding hydrogens is 645 g/mol. The van der Waals surface area contributed by atoms with Crippen molar-refractivity contribution < 1.29 is 0 Å². The Hall–Kier alpha value is -3.43. The van der Waals surface area contributed by atoms with Crippen molar-refractivity contribution in [3.63, 3.8) is 0 Å². The van der Waals surface area contributed by atoms with Crippen LogP contribution in [0.4, 0.5) is 17.7 Å². The molecule has 0 unspecified atom stereocenters. The fourth-order valence-electron chi connectivity index (χ4n) is 4.02. The summed E-state index contributed by atoms with van der Waals surface area (Å²) >= 11 is 21.5. The van der Waals surface area contributed by atoms with E-state index in [0.29, 0.717) is 26.7 Å². The molecular formula is C30H27BrCl3N7. The first kappa shape index (κ1) is 30.5. The SMILES string of the molecule is Cc1c(Cl)cccc1-c1cc(Cl)nc(N)n1.Cc1c(Cl)cccc1-c1cc(NCCc2ccc(Br)cc2)nc(N)n1. The summed E-state index contributed by atoms with van der Waals surface area (Å²) in [5.41, 5.74) is 17.9. The molecule has 0 amide bonds.